The molecular weight excluding hydrogens is 554 g/mol. The van der Waals surface area contributed by atoms with Gasteiger partial charge < -0.3 is 25.1 Å². The van der Waals surface area contributed by atoms with Crippen molar-refractivity contribution in [3.8, 4) is 5.75 Å². The van der Waals surface area contributed by atoms with E-state index in [0.717, 1.165) is 29.7 Å². The van der Waals surface area contributed by atoms with Crippen LogP contribution in [-0.2, 0) is 13.0 Å². The second kappa shape index (κ2) is 13.8. The molecule has 2 aromatic carbocycles. The molecule has 0 radical (unpaired) electrons. The van der Waals surface area contributed by atoms with Gasteiger partial charge in [-0.1, -0.05) is 32.0 Å². The molecule has 3 N–H and O–H groups in total. The molecule has 44 heavy (non-hydrogen) atoms. The Hall–Kier alpha value is -4.66. The molecule has 0 unspecified atom stereocenters. The molecule has 0 spiro atoms. The van der Waals surface area contributed by atoms with Crippen LogP contribution in [0.3, 0.4) is 0 Å². The maximum absolute atomic E-state index is 13.4. The van der Waals surface area contributed by atoms with E-state index in [1.807, 2.05) is 38.4 Å². The highest BCUT2D eigenvalue weighted by atomic mass is 16.3. The molecule has 4 aromatic rings. The van der Waals surface area contributed by atoms with E-state index in [9.17, 15) is 14.7 Å². The van der Waals surface area contributed by atoms with E-state index in [2.05, 4.69) is 40.5 Å². The minimum Gasteiger partial charge on any atom is -0.506 e. The van der Waals surface area contributed by atoms with Crippen molar-refractivity contribution in [2.45, 2.75) is 77.9 Å². The minimum atomic E-state index is -0.230. The number of aryl methyl sites for hydroxylation is 2. The highest BCUT2D eigenvalue weighted by Gasteiger charge is 2.34. The Morgan fingerprint density at radius 3 is 2.64 bits per heavy atom. The van der Waals surface area contributed by atoms with Gasteiger partial charge in [0.05, 0.1) is 11.4 Å². The molecule has 1 fully saturated rings. The highest BCUT2D eigenvalue weighted by Crippen LogP contribution is 2.33. The average molecular weight is 596 g/mol. The fraction of sp³-hybridized carbons (Fsp3) is 0.371. The summed E-state index contributed by atoms with van der Waals surface area (Å²) in [6.45, 7) is 9.28. The molecule has 9 nitrogen and oxygen atoms in total. The van der Waals surface area contributed by atoms with Gasteiger partial charge in [0.25, 0.3) is 11.8 Å². The number of phenols is 1. The number of pyridine rings is 1. The molecule has 2 aromatic heterocycles. The van der Waals surface area contributed by atoms with Crippen molar-refractivity contribution in [1.82, 2.24) is 20.2 Å². The van der Waals surface area contributed by atoms with Crippen LogP contribution >= 0.6 is 0 Å². The van der Waals surface area contributed by atoms with Gasteiger partial charge in [-0.15, -0.1) is 0 Å². The van der Waals surface area contributed by atoms with Crippen LogP contribution in [0.2, 0.25) is 0 Å². The van der Waals surface area contributed by atoms with Gasteiger partial charge in [0.2, 0.25) is 5.89 Å². The van der Waals surface area contributed by atoms with Crippen molar-refractivity contribution in [3.05, 3.63) is 107 Å². The third-order valence-electron chi connectivity index (χ3n) is 8.08. The Balaban J connectivity index is 1.13. The number of aromatic nitrogens is 2. The molecule has 2 atom stereocenters. The van der Waals surface area contributed by atoms with Crippen LogP contribution in [0.5, 0.6) is 5.75 Å². The number of nitrogens with one attached hydrogen (secondary N) is 2. The maximum Gasteiger partial charge on any atom is 0.254 e. The second-order valence-electron chi connectivity index (χ2n) is 12.0. The van der Waals surface area contributed by atoms with E-state index < -0.39 is 0 Å². The van der Waals surface area contributed by atoms with Crippen LogP contribution < -0.4 is 10.6 Å². The second-order valence-corrected chi connectivity index (χ2v) is 12.0. The van der Waals surface area contributed by atoms with E-state index in [4.69, 9.17) is 4.42 Å². The number of carbonyl (C=O) groups excluding carboxylic acids is 2. The lowest BCUT2D eigenvalue weighted by Gasteiger charge is -2.22. The number of hydrogen-bond donors (Lipinski definition) is 3. The summed E-state index contributed by atoms with van der Waals surface area (Å²) >= 11 is 0. The number of phenolic OH excluding ortho intramolecular Hbond substituents is 1. The van der Waals surface area contributed by atoms with Crippen molar-refractivity contribution in [2.75, 3.05) is 11.9 Å². The predicted molar refractivity (Wildman–Crippen MR) is 170 cm³/mol. The third-order valence-corrected chi connectivity index (χ3v) is 8.08. The van der Waals surface area contributed by atoms with Crippen LogP contribution in [0.1, 0.15) is 101 Å². The number of aromatic hydroxyl groups is 1. The predicted octanol–water partition coefficient (Wildman–Crippen LogP) is 6.55. The number of hydrogen-bond acceptors (Lipinski definition) is 7. The average Bonchev–Trinajstić information content (AvgIpc) is 3.68. The van der Waals surface area contributed by atoms with Gasteiger partial charge >= 0.3 is 0 Å². The number of nitrogens with zero attached hydrogens (tertiary/aromatic N) is 3. The molecule has 5 rings (SSSR count). The summed E-state index contributed by atoms with van der Waals surface area (Å²) in [7, 11) is 0. The van der Waals surface area contributed by atoms with Crippen molar-refractivity contribution < 1.29 is 19.1 Å². The first-order chi connectivity index (χ1) is 21.2. The molecule has 9 heteroatoms. The molecule has 1 aliphatic heterocycles. The lowest BCUT2D eigenvalue weighted by atomic mass is 10.0. The summed E-state index contributed by atoms with van der Waals surface area (Å²) < 4.78 is 5.59. The first kappa shape index (κ1) is 30.8. The first-order valence-corrected chi connectivity index (χ1v) is 15.3. The zero-order valence-corrected chi connectivity index (χ0v) is 25.8. The van der Waals surface area contributed by atoms with Crippen LogP contribution in [0.4, 0.5) is 5.69 Å². The highest BCUT2D eigenvalue weighted by molar-refractivity contribution is 6.00. The first-order valence-electron chi connectivity index (χ1n) is 15.3. The normalized spacial score (nSPS) is 15.4. The molecule has 0 saturated carbocycles. The summed E-state index contributed by atoms with van der Waals surface area (Å²) in [5, 5.41) is 17.0. The van der Waals surface area contributed by atoms with Gasteiger partial charge in [-0.3, -0.25) is 14.6 Å². The summed E-state index contributed by atoms with van der Waals surface area (Å²) in [6.07, 6.45) is 8.36. The van der Waals surface area contributed by atoms with Gasteiger partial charge in [-0.25, -0.2) is 4.98 Å². The lowest BCUT2D eigenvalue weighted by Crippen LogP contribution is -2.33. The van der Waals surface area contributed by atoms with Gasteiger partial charge in [0, 0.05) is 42.7 Å². The fourth-order valence-corrected chi connectivity index (χ4v) is 5.51. The van der Waals surface area contributed by atoms with Crippen molar-refractivity contribution in [1.29, 1.82) is 0 Å². The van der Waals surface area contributed by atoms with Crippen LogP contribution in [-0.4, -0.2) is 44.4 Å². The minimum absolute atomic E-state index is 0.112. The smallest absolute Gasteiger partial charge is 0.254 e. The third kappa shape index (κ3) is 7.45. The Kier molecular flexibility index (Phi) is 9.62. The van der Waals surface area contributed by atoms with E-state index in [1.54, 1.807) is 41.5 Å². The Morgan fingerprint density at radius 1 is 1.07 bits per heavy atom. The Bertz CT molecular complexity index is 1610. The van der Waals surface area contributed by atoms with E-state index in [-0.39, 0.29) is 29.6 Å². The monoisotopic (exact) mass is 595 g/mol. The zero-order valence-electron chi connectivity index (χ0n) is 25.8. The SMILES string of the molecule is Cc1coc([C@H]2CCCN2C(=O)c2cccc(C(=O)N[C@@H](C)CCc3ccc(NCc4cncc(C(C)C)c4)c(O)c3)c2)n1. The summed E-state index contributed by atoms with van der Waals surface area (Å²) in [4.78, 5) is 37.0. The standard InChI is InChI=1S/C35H41N5O4/c1-22(2)29-15-26(18-36-20-29)19-37-30-13-12-25(16-32(30)41)11-10-23(3)38-33(42)27-7-5-8-28(17-27)35(43)40-14-6-9-31(40)34-39-24(4)21-44-34/h5,7-8,12-13,15-18,20-23,31,37,41H,6,9-11,14,19H2,1-4H3,(H,38,42)/t23-,31+/m0/s1. The van der Waals surface area contributed by atoms with Crippen molar-refractivity contribution in [3.63, 3.8) is 0 Å². The number of carbonyl (C=O) groups is 2. The van der Waals surface area contributed by atoms with Crippen molar-refractivity contribution >= 4 is 17.5 Å². The van der Waals surface area contributed by atoms with E-state index >= 15 is 0 Å². The van der Waals surface area contributed by atoms with E-state index in [1.165, 1.54) is 5.56 Å². The fourth-order valence-electron chi connectivity index (χ4n) is 5.51. The van der Waals surface area contributed by atoms with Crippen LogP contribution in [0.25, 0.3) is 0 Å². The summed E-state index contributed by atoms with van der Waals surface area (Å²) in [5.74, 6) is 0.781. The molecule has 1 aliphatic rings. The van der Waals surface area contributed by atoms with Gasteiger partial charge in [0.15, 0.2) is 0 Å². The largest absolute Gasteiger partial charge is 0.506 e. The Morgan fingerprint density at radius 2 is 1.89 bits per heavy atom. The van der Waals surface area contributed by atoms with Crippen LogP contribution in [0.15, 0.2) is 71.6 Å². The number of anilines is 1. The van der Waals surface area contributed by atoms with Crippen molar-refractivity contribution in [2.24, 2.45) is 0 Å². The quantitative estimate of drug-likeness (QED) is 0.168. The van der Waals surface area contributed by atoms with Gasteiger partial charge in [-0.2, -0.15) is 0 Å². The molecule has 0 aliphatic carbocycles. The zero-order chi connectivity index (χ0) is 31.2. The molecule has 0 bridgehead atoms. The summed E-state index contributed by atoms with van der Waals surface area (Å²) in [6, 6.07) is 14.3. The number of benzene rings is 2. The van der Waals surface area contributed by atoms with E-state index in [0.29, 0.717) is 54.6 Å². The van der Waals surface area contributed by atoms with Gasteiger partial charge in [-0.05, 0) is 92.5 Å². The van der Waals surface area contributed by atoms with Crippen LogP contribution in [0, 0.1) is 6.92 Å². The number of amides is 2. The Labute approximate surface area is 258 Å². The van der Waals surface area contributed by atoms with Gasteiger partial charge in [0.1, 0.15) is 18.1 Å². The molecule has 1 saturated heterocycles. The molecular formula is C35H41N5O4. The molecule has 3 heterocycles. The number of rotatable bonds is 11. The summed E-state index contributed by atoms with van der Waals surface area (Å²) in [5.41, 5.74) is 5.57. The lowest BCUT2D eigenvalue weighted by molar-refractivity contribution is 0.0715. The number of oxazole rings is 1. The topological polar surface area (TPSA) is 121 Å². The molecule has 230 valence electrons. The number of likely N-dealkylation sites (tertiary alicyclic amines) is 1. The molecule has 2 amide bonds. The maximum atomic E-state index is 13.4.